The number of benzene rings is 1. The van der Waals surface area contributed by atoms with Crippen molar-refractivity contribution in [2.45, 2.75) is 13.3 Å². The number of halogens is 3. The van der Waals surface area contributed by atoms with Crippen molar-refractivity contribution in [2.75, 3.05) is 10.5 Å². The van der Waals surface area contributed by atoms with Gasteiger partial charge in [-0.15, -0.1) is 0 Å². The number of aromatic nitrogens is 3. The number of ketones is 1. The molecule has 0 aliphatic heterocycles. The fourth-order valence-electron chi connectivity index (χ4n) is 2.61. The van der Waals surface area contributed by atoms with Crippen LogP contribution in [0.25, 0.3) is 11.0 Å². The summed E-state index contributed by atoms with van der Waals surface area (Å²) in [5.41, 5.74) is -1.17. The van der Waals surface area contributed by atoms with E-state index < -0.39 is 38.7 Å². The molecule has 0 radical (unpaired) electrons. The number of H-pyrrole nitrogens is 2. The van der Waals surface area contributed by atoms with Crippen LogP contribution in [0.15, 0.2) is 24.7 Å². The Hall–Kier alpha value is -2.59. The molecule has 0 atom stereocenters. The lowest BCUT2D eigenvalue weighted by atomic mass is 10.0. The van der Waals surface area contributed by atoms with Crippen LogP contribution in [0.4, 0.5) is 14.5 Å². The quantitative estimate of drug-likeness (QED) is 0.476. The van der Waals surface area contributed by atoms with Crippen LogP contribution in [-0.2, 0) is 10.0 Å². The minimum absolute atomic E-state index is 0.0334. The summed E-state index contributed by atoms with van der Waals surface area (Å²) in [6, 6.07) is 1.74. The van der Waals surface area contributed by atoms with E-state index in [1.165, 1.54) is 12.5 Å². The highest BCUT2D eigenvalue weighted by Gasteiger charge is 2.28. The first-order valence-corrected chi connectivity index (χ1v) is 9.84. The van der Waals surface area contributed by atoms with E-state index in [2.05, 4.69) is 15.0 Å². The number of fused-ring (bicyclic) bond motifs is 1. The van der Waals surface area contributed by atoms with E-state index in [1.807, 2.05) is 4.72 Å². The smallest absolute Gasteiger partial charge is 0.236 e. The number of hydrogen-bond acceptors (Lipinski definition) is 4. The van der Waals surface area contributed by atoms with Gasteiger partial charge in [0.2, 0.25) is 32.9 Å². The molecule has 3 aromatic rings. The number of anilines is 1. The van der Waals surface area contributed by atoms with Crippen molar-refractivity contribution in [1.82, 2.24) is 9.97 Å². The van der Waals surface area contributed by atoms with E-state index >= 15 is 0 Å². The molecular formula is C16H14ClF2N4O3S+. The predicted octanol–water partition coefficient (Wildman–Crippen LogP) is 2.69. The number of hydrogen-bond donors (Lipinski definition) is 2. The van der Waals surface area contributed by atoms with Gasteiger partial charge in [0.15, 0.2) is 5.82 Å². The number of sulfonamides is 1. The first-order valence-electron chi connectivity index (χ1n) is 7.81. The Kier molecular flexibility index (Phi) is 5.11. The van der Waals surface area contributed by atoms with Gasteiger partial charge in [-0.25, -0.2) is 22.2 Å². The second-order valence-electron chi connectivity index (χ2n) is 5.68. The normalized spacial score (nSPS) is 11.7. The van der Waals surface area contributed by atoms with Gasteiger partial charge in [-0.2, -0.15) is 0 Å². The fourth-order valence-corrected chi connectivity index (χ4v) is 3.99. The highest BCUT2D eigenvalue weighted by molar-refractivity contribution is 7.92. The maximum absolute atomic E-state index is 14.8. The SMILES string of the molecule is CCCS(=O)(=O)Nc1ccc(F)c(C(=O)c2c[nH]c3[nH+]cnc(Cl)c23)c1F. The van der Waals surface area contributed by atoms with Gasteiger partial charge < -0.3 is 0 Å². The summed E-state index contributed by atoms with van der Waals surface area (Å²) in [4.78, 5) is 22.0. The minimum Gasteiger partial charge on any atom is -0.288 e. The Morgan fingerprint density at radius 2 is 2.11 bits per heavy atom. The van der Waals surface area contributed by atoms with Crippen LogP contribution in [0.3, 0.4) is 0 Å². The zero-order chi connectivity index (χ0) is 19.8. The molecule has 11 heteroatoms. The molecule has 142 valence electrons. The molecule has 2 heterocycles. The largest absolute Gasteiger partial charge is 0.288 e. The van der Waals surface area contributed by atoms with Crippen LogP contribution in [0, 0.1) is 11.6 Å². The van der Waals surface area contributed by atoms with E-state index in [9.17, 15) is 22.0 Å². The van der Waals surface area contributed by atoms with Crippen molar-refractivity contribution in [2.24, 2.45) is 0 Å². The van der Waals surface area contributed by atoms with Gasteiger partial charge >= 0.3 is 0 Å². The highest BCUT2D eigenvalue weighted by Crippen LogP contribution is 2.29. The van der Waals surface area contributed by atoms with Gasteiger partial charge in [0.05, 0.1) is 28.8 Å². The Balaban J connectivity index is 2.11. The average Bonchev–Trinajstić information content (AvgIpc) is 3.03. The van der Waals surface area contributed by atoms with E-state index in [-0.39, 0.29) is 21.9 Å². The summed E-state index contributed by atoms with van der Waals surface area (Å²) < 4.78 is 54.8. The third-order valence-corrected chi connectivity index (χ3v) is 5.54. The van der Waals surface area contributed by atoms with Crippen LogP contribution in [0.1, 0.15) is 29.3 Å². The maximum atomic E-state index is 14.8. The first-order chi connectivity index (χ1) is 12.7. The van der Waals surface area contributed by atoms with Gasteiger partial charge in [-0.3, -0.25) is 14.5 Å². The second kappa shape index (κ2) is 7.20. The predicted molar refractivity (Wildman–Crippen MR) is 95.2 cm³/mol. The second-order valence-corrected chi connectivity index (χ2v) is 7.88. The molecule has 1 aromatic carbocycles. The van der Waals surface area contributed by atoms with Gasteiger partial charge in [0.25, 0.3) is 0 Å². The van der Waals surface area contributed by atoms with E-state index in [0.717, 1.165) is 12.1 Å². The summed E-state index contributed by atoms with van der Waals surface area (Å²) in [5, 5.41) is 0.133. The average molecular weight is 416 g/mol. The van der Waals surface area contributed by atoms with Crippen LogP contribution >= 0.6 is 11.6 Å². The van der Waals surface area contributed by atoms with Crippen molar-refractivity contribution in [3.8, 4) is 0 Å². The Bertz CT molecular complexity index is 1150. The standard InChI is InChI=1S/C16H13ClF2N4O3S/c1-2-5-27(25,26)23-10-4-3-9(18)12(13(10)19)14(24)8-6-20-16-11(8)15(17)21-7-22-16/h3-4,6-7,23H,2,5H2,1H3,(H,20,21,22)/p+1. The monoisotopic (exact) mass is 415 g/mol. The molecule has 0 saturated carbocycles. The van der Waals surface area contributed by atoms with Crippen molar-refractivity contribution in [3.05, 3.63) is 52.6 Å². The van der Waals surface area contributed by atoms with Crippen molar-refractivity contribution < 1.29 is 27.0 Å². The molecule has 0 fully saturated rings. The molecule has 27 heavy (non-hydrogen) atoms. The van der Waals surface area contributed by atoms with Gasteiger partial charge in [-0.05, 0) is 30.2 Å². The Morgan fingerprint density at radius 1 is 1.37 bits per heavy atom. The summed E-state index contributed by atoms with van der Waals surface area (Å²) in [6.45, 7) is 1.64. The summed E-state index contributed by atoms with van der Waals surface area (Å²) in [7, 11) is -3.82. The van der Waals surface area contributed by atoms with Crippen molar-refractivity contribution >= 4 is 44.1 Å². The zero-order valence-electron chi connectivity index (χ0n) is 13.9. The number of aromatic amines is 2. The number of carbonyl (C=O) groups is 1. The van der Waals surface area contributed by atoms with Crippen LogP contribution in [0.2, 0.25) is 5.15 Å². The summed E-state index contributed by atoms with van der Waals surface area (Å²) in [6.07, 6.45) is 2.84. The number of rotatable bonds is 6. The molecule has 0 amide bonds. The maximum Gasteiger partial charge on any atom is 0.236 e. The van der Waals surface area contributed by atoms with Crippen LogP contribution in [0.5, 0.6) is 0 Å². The molecule has 0 saturated heterocycles. The molecule has 0 aliphatic rings. The van der Waals surface area contributed by atoms with E-state index in [0.29, 0.717) is 12.1 Å². The van der Waals surface area contributed by atoms with Crippen molar-refractivity contribution in [1.29, 1.82) is 0 Å². The van der Waals surface area contributed by atoms with Crippen LogP contribution in [-0.4, -0.2) is 29.9 Å². The molecule has 0 bridgehead atoms. The molecule has 0 unspecified atom stereocenters. The lowest BCUT2D eigenvalue weighted by molar-refractivity contribution is -0.352. The molecule has 2 aromatic heterocycles. The number of nitrogens with zero attached hydrogens (tertiary/aromatic N) is 1. The molecule has 0 spiro atoms. The first kappa shape index (κ1) is 19.2. The molecule has 3 rings (SSSR count). The number of carbonyl (C=O) groups excluding carboxylic acids is 1. The number of nitrogens with one attached hydrogen (secondary N) is 3. The Morgan fingerprint density at radius 3 is 2.81 bits per heavy atom. The van der Waals surface area contributed by atoms with Gasteiger partial charge in [0.1, 0.15) is 11.2 Å². The molecule has 7 nitrogen and oxygen atoms in total. The molecule has 0 aliphatic carbocycles. The van der Waals surface area contributed by atoms with Gasteiger partial charge in [0, 0.05) is 0 Å². The minimum atomic E-state index is -3.82. The van der Waals surface area contributed by atoms with Crippen LogP contribution < -0.4 is 9.71 Å². The lowest BCUT2D eigenvalue weighted by Gasteiger charge is -2.11. The summed E-state index contributed by atoms with van der Waals surface area (Å²) in [5.74, 6) is -3.68. The Labute approximate surface area is 157 Å². The third-order valence-electron chi connectivity index (χ3n) is 3.77. The summed E-state index contributed by atoms with van der Waals surface area (Å²) >= 11 is 5.99. The topological polar surface area (TPSA) is 106 Å². The molecule has 3 N–H and O–H groups in total. The third kappa shape index (κ3) is 3.62. The molecular weight excluding hydrogens is 402 g/mol. The lowest BCUT2D eigenvalue weighted by Crippen LogP contribution is -2.18. The highest BCUT2D eigenvalue weighted by atomic mass is 35.5. The van der Waals surface area contributed by atoms with Gasteiger partial charge in [-0.1, -0.05) is 11.9 Å². The fraction of sp³-hybridized carbons (Fsp3) is 0.188. The van der Waals surface area contributed by atoms with E-state index in [4.69, 9.17) is 11.6 Å². The zero-order valence-corrected chi connectivity index (χ0v) is 15.5. The van der Waals surface area contributed by atoms with Crippen molar-refractivity contribution in [3.63, 3.8) is 0 Å². The van der Waals surface area contributed by atoms with E-state index in [1.54, 1.807) is 6.92 Å².